The van der Waals surface area contributed by atoms with Gasteiger partial charge in [0, 0.05) is 12.1 Å². The molecule has 172 valence electrons. The van der Waals surface area contributed by atoms with Crippen molar-refractivity contribution in [3.8, 4) is 0 Å². The highest BCUT2D eigenvalue weighted by Gasteiger charge is 2.26. The number of furan rings is 2. The number of rotatable bonds is 6. The number of carbonyl (C=O) groups excluding carboxylic acids is 2. The largest absolute Gasteiger partial charge is 0.455 e. The third-order valence-corrected chi connectivity index (χ3v) is 5.64. The van der Waals surface area contributed by atoms with Crippen LogP contribution in [0.3, 0.4) is 0 Å². The molecule has 0 bridgehead atoms. The molecule has 10 heteroatoms. The van der Waals surface area contributed by atoms with Crippen LogP contribution in [0.2, 0.25) is 0 Å². The van der Waals surface area contributed by atoms with Crippen LogP contribution in [0.1, 0.15) is 59.5 Å². The standard InChI is InChI=1S/C22H23F2N3O4.ClH/c1-2-13-5-3-4-8-27(13)11-14-6-7-17(30-14)22(29)26-18-15-9-12(23)10-16(24)19(15)31-20(18)21(25)28;/h6-7,9-10,13H,2-5,8,11H2,1H3,(H2,25,28)(H,26,29);1H. The number of anilines is 1. The van der Waals surface area contributed by atoms with Gasteiger partial charge in [-0.3, -0.25) is 14.5 Å². The second-order valence-corrected chi connectivity index (χ2v) is 7.68. The molecule has 0 aliphatic carbocycles. The van der Waals surface area contributed by atoms with Crippen LogP contribution in [0.15, 0.2) is 33.1 Å². The quantitative estimate of drug-likeness (QED) is 0.540. The highest BCUT2D eigenvalue weighted by atomic mass is 35.5. The van der Waals surface area contributed by atoms with Gasteiger partial charge in [0.2, 0.25) is 5.76 Å². The van der Waals surface area contributed by atoms with Gasteiger partial charge in [0.1, 0.15) is 17.3 Å². The maximum atomic E-state index is 14.0. The summed E-state index contributed by atoms with van der Waals surface area (Å²) in [5.41, 5.74) is 4.71. The summed E-state index contributed by atoms with van der Waals surface area (Å²) >= 11 is 0. The molecule has 32 heavy (non-hydrogen) atoms. The number of nitrogens with one attached hydrogen (secondary N) is 1. The van der Waals surface area contributed by atoms with Crippen molar-refractivity contribution in [3.63, 3.8) is 0 Å². The van der Waals surface area contributed by atoms with Crippen LogP contribution in [-0.4, -0.2) is 29.3 Å². The molecule has 3 aromatic rings. The molecule has 1 aliphatic heterocycles. The molecule has 4 rings (SSSR count). The summed E-state index contributed by atoms with van der Waals surface area (Å²) in [7, 11) is 0. The number of hydrogen-bond acceptors (Lipinski definition) is 5. The molecule has 2 amide bonds. The fourth-order valence-corrected chi connectivity index (χ4v) is 4.11. The summed E-state index contributed by atoms with van der Waals surface area (Å²) in [6.45, 7) is 3.71. The van der Waals surface area contributed by atoms with E-state index >= 15 is 0 Å². The minimum atomic E-state index is -1.03. The summed E-state index contributed by atoms with van der Waals surface area (Å²) in [4.78, 5) is 26.8. The first-order chi connectivity index (χ1) is 14.9. The first-order valence-electron chi connectivity index (χ1n) is 10.2. The first kappa shape index (κ1) is 23.7. The molecule has 1 unspecified atom stereocenters. The predicted octanol–water partition coefficient (Wildman–Crippen LogP) is 4.84. The summed E-state index contributed by atoms with van der Waals surface area (Å²) in [6.07, 6.45) is 4.52. The summed E-state index contributed by atoms with van der Waals surface area (Å²) in [5, 5.41) is 2.34. The Bertz CT molecular complexity index is 1140. The second-order valence-electron chi connectivity index (χ2n) is 7.68. The van der Waals surface area contributed by atoms with E-state index in [1.165, 1.54) is 12.5 Å². The molecule has 1 saturated heterocycles. The number of piperidine rings is 1. The van der Waals surface area contributed by atoms with E-state index in [-0.39, 0.29) is 34.8 Å². The van der Waals surface area contributed by atoms with Crippen molar-refractivity contribution < 1.29 is 27.2 Å². The van der Waals surface area contributed by atoms with Gasteiger partial charge >= 0.3 is 0 Å². The van der Waals surface area contributed by atoms with Crippen molar-refractivity contribution in [1.82, 2.24) is 4.90 Å². The molecular formula is C22H24ClF2N3O4. The van der Waals surface area contributed by atoms with Crippen LogP contribution in [0, 0.1) is 11.6 Å². The predicted molar refractivity (Wildman–Crippen MR) is 117 cm³/mol. The van der Waals surface area contributed by atoms with Crippen LogP contribution in [-0.2, 0) is 6.54 Å². The van der Waals surface area contributed by atoms with E-state index in [1.807, 2.05) is 0 Å². The molecule has 0 saturated carbocycles. The fourth-order valence-electron chi connectivity index (χ4n) is 4.11. The van der Waals surface area contributed by atoms with Crippen molar-refractivity contribution in [2.75, 3.05) is 11.9 Å². The Hall–Kier alpha value is -2.91. The molecule has 3 N–H and O–H groups in total. The van der Waals surface area contributed by atoms with E-state index in [0.717, 1.165) is 31.9 Å². The van der Waals surface area contributed by atoms with Crippen molar-refractivity contribution in [2.24, 2.45) is 5.73 Å². The second kappa shape index (κ2) is 9.70. The first-order valence-corrected chi connectivity index (χ1v) is 10.2. The van der Waals surface area contributed by atoms with Crippen molar-refractivity contribution in [2.45, 2.75) is 45.2 Å². The van der Waals surface area contributed by atoms with Gasteiger partial charge in [-0.25, -0.2) is 8.78 Å². The third kappa shape index (κ3) is 4.63. The molecule has 3 heterocycles. The monoisotopic (exact) mass is 467 g/mol. The zero-order valence-electron chi connectivity index (χ0n) is 17.5. The number of primary amides is 1. The van der Waals surface area contributed by atoms with Crippen molar-refractivity contribution in [1.29, 1.82) is 0 Å². The topological polar surface area (TPSA) is 102 Å². The maximum absolute atomic E-state index is 14.0. The van der Waals surface area contributed by atoms with E-state index < -0.39 is 29.2 Å². The van der Waals surface area contributed by atoms with Crippen LogP contribution < -0.4 is 11.1 Å². The molecule has 1 fully saturated rings. The number of hydrogen-bond donors (Lipinski definition) is 2. The van der Waals surface area contributed by atoms with Gasteiger partial charge in [-0.2, -0.15) is 0 Å². The summed E-state index contributed by atoms with van der Waals surface area (Å²) < 4.78 is 38.6. The number of halogens is 3. The molecule has 2 aromatic heterocycles. The minimum absolute atomic E-state index is 0. The van der Waals surface area contributed by atoms with Gasteiger partial charge in [0.25, 0.3) is 11.8 Å². The third-order valence-electron chi connectivity index (χ3n) is 5.64. The highest BCUT2D eigenvalue weighted by molar-refractivity contribution is 6.13. The van der Waals surface area contributed by atoms with Crippen LogP contribution >= 0.6 is 12.4 Å². The van der Waals surface area contributed by atoms with Crippen molar-refractivity contribution >= 4 is 40.9 Å². The van der Waals surface area contributed by atoms with Crippen LogP contribution in [0.5, 0.6) is 0 Å². The average Bonchev–Trinajstić information content (AvgIpc) is 3.34. The van der Waals surface area contributed by atoms with E-state index in [1.54, 1.807) is 6.07 Å². The van der Waals surface area contributed by atoms with Crippen LogP contribution in [0.25, 0.3) is 11.0 Å². The Morgan fingerprint density at radius 2 is 2.00 bits per heavy atom. The molecule has 1 atom stereocenters. The normalized spacial score (nSPS) is 16.7. The number of amides is 2. The van der Waals surface area contributed by atoms with Gasteiger partial charge < -0.3 is 19.9 Å². The number of benzene rings is 1. The van der Waals surface area contributed by atoms with Gasteiger partial charge in [-0.15, -0.1) is 12.4 Å². The average molecular weight is 468 g/mol. The Morgan fingerprint density at radius 3 is 2.72 bits per heavy atom. The van der Waals surface area contributed by atoms with Crippen LogP contribution in [0.4, 0.5) is 14.5 Å². The summed E-state index contributed by atoms with van der Waals surface area (Å²) in [6, 6.07) is 5.29. The lowest BCUT2D eigenvalue weighted by Gasteiger charge is -2.34. The van der Waals surface area contributed by atoms with E-state index in [4.69, 9.17) is 14.6 Å². The molecule has 1 aliphatic rings. The SMILES string of the molecule is CCC1CCCCN1Cc1ccc(C(=O)Nc2c(C(N)=O)oc3c(F)cc(F)cc23)o1.Cl. The Kier molecular flexibility index (Phi) is 7.20. The number of likely N-dealkylation sites (tertiary alicyclic amines) is 1. The number of nitrogens with two attached hydrogens (primary N) is 1. The Balaban J connectivity index is 0.00000289. The van der Waals surface area contributed by atoms with E-state index in [0.29, 0.717) is 24.4 Å². The lowest BCUT2D eigenvalue weighted by molar-refractivity contribution is 0.0976. The molecule has 7 nitrogen and oxygen atoms in total. The number of nitrogens with zero attached hydrogens (tertiary/aromatic N) is 1. The highest BCUT2D eigenvalue weighted by Crippen LogP contribution is 2.33. The molecule has 1 aromatic carbocycles. The van der Waals surface area contributed by atoms with E-state index in [9.17, 15) is 18.4 Å². The van der Waals surface area contributed by atoms with Gasteiger partial charge in [-0.05, 0) is 44.0 Å². The molecule has 0 spiro atoms. The molecule has 0 radical (unpaired) electrons. The maximum Gasteiger partial charge on any atom is 0.291 e. The number of fused-ring (bicyclic) bond motifs is 1. The van der Waals surface area contributed by atoms with Gasteiger partial charge in [-0.1, -0.05) is 13.3 Å². The van der Waals surface area contributed by atoms with Crippen molar-refractivity contribution in [3.05, 3.63) is 53.2 Å². The van der Waals surface area contributed by atoms with Gasteiger partial charge in [0.15, 0.2) is 17.2 Å². The summed E-state index contributed by atoms with van der Waals surface area (Å²) in [5.74, 6) is -3.45. The zero-order chi connectivity index (χ0) is 22.1. The lowest BCUT2D eigenvalue weighted by Crippen LogP contribution is -2.38. The molecular weight excluding hydrogens is 444 g/mol. The lowest BCUT2D eigenvalue weighted by atomic mass is 10.00. The number of carbonyl (C=O) groups is 2. The Morgan fingerprint density at radius 1 is 1.22 bits per heavy atom. The van der Waals surface area contributed by atoms with Gasteiger partial charge in [0.05, 0.1) is 11.9 Å². The van der Waals surface area contributed by atoms with E-state index in [2.05, 4.69) is 17.1 Å². The Labute approximate surface area is 189 Å². The zero-order valence-corrected chi connectivity index (χ0v) is 18.3. The fraction of sp³-hybridized carbons (Fsp3) is 0.364. The smallest absolute Gasteiger partial charge is 0.291 e. The minimum Gasteiger partial charge on any atom is -0.455 e.